The van der Waals surface area contributed by atoms with Gasteiger partial charge in [-0.1, -0.05) is 12.1 Å². The number of carbonyl (C=O) groups is 3. The molecule has 9 heteroatoms. The van der Waals surface area contributed by atoms with E-state index in [1.807, 2.05) is 6.92 Å². The number of rotatable bonds is 6. The van der Waals surface area contributed by atoms with Gasteiger partial charge in [0.1, 0.15) is 15.5 Å². The fourth-order valence-electron chi connectivity index (χ4n) is 3.12. The van der Waals surface area contributed by atoms with Gasteiger partial charge in [-0.25, -0.2) is 13.9 Å². The Morgan fingerprint density at radius 1 is 1.12 bits per heavy atom. The van der Waals surface area contributed by atoms with Crippen LogP contribution in [-0.4, -0.2) is 34.0 Å². The van der Waals surface area contributed by atoms with Crippen molar-refractivity contribution in [3.8, 4) is 5.69 Å². The lowest BCUT2D eigenvalue weighted by atomic mass is 10.1. The maximum absolute atomic E-state index is 13.2. The molecular formula is C23H18FN3O4S. The first-order chi connectivity index (χ1) is 15.3. The van der Waals surface area contributed by atoms with Crippen LogP contribution < -0.4 is 5.32 Å². The highest BCUT2D eigenvalue weighted by Crippen LogP contribution is 2.30. The predicted octanol–water partition coefficient (Wildman–Crippen LogP) is 4.53. The van der Waals surface area contributed by atoms with E-state index in [2.05, 4.69) is 10.4 Å². The number of benzene rings is 2. The maximum Gasteiger partial charge on any atom is 0.348 e. The van der Waals surface area contributed by atoms with E-state index in [1.165, 1.54) is 30.4 Å². The second kappa shape index (κ2) is 8.72. The van der Waals surface area contributed by atoms with Gasteiger partial charge in [0.15, 0.2) is 12.4 Å². The molecule has 0 spiro atoms. The minimum atomic E-state index is -0.635. The Bertz CT molecular complexity index is 1340. The number of aromatic nitrogens is 2. The second-order valence-electron chi connectivity index (χ2n) is 7.06. The molecule has 0 saturated heterocycles. The number of amides is 1. The van der Waals surface area contributed by atoms with Gasteiger partial charge < -0.3 is 10.1 Å². The predicted molar refractivity (Wildman–Crippen MR) is 119 cm³/mol. The first kappa shape index (κ1) is 21.4. The Hall–Kier alpha value is -3.85. The third-order valence-corrected chi connectivity index (χ3v) is 5.79. The van der Waals surface area contributed by atoms with Gasteiger partial charge in [-0.15, -0.1) is 11.3 Å². The van der Waals surface area contributed by atoms with E-state index in [-0.39, 0.29) is 11.6 Å². The van der Waals surface area contributed by atoms with Crippen molar-refractivity contribution in [2.75, 3.05) is 11.9 Å². The second-order valence-corrected chi connectivity index (χ2v) is 8.10. The van der Waals surface area contributed by atoms with Crippen molar-refractivity contribution in [2.45, 2.75) is 13.8 Å². The fourth-order valence-corrected chi connectivity index (χ4v) is 4.20. The Balaban J connectivity index is 1.45. The van der Waals surface area contributed by atoms with Crippen molar-refractivity contribution in [3.63, 3.8) is 0 Å². The van der Waals surface area contributed by atoms with Gasteiger partial charge in [0.2, 0.25) is 0 Å². The lowest BCUT2D eigenvalue weighted by molar-refractivity contribution is -0.119. The zero-order chi connectivity index (χ0) is 22.8. The molecule has 4 rings (SSSR count). The average Bonchev–Trinajstić information content (AvgIpc) is 3.33. The lowest BCUT2D eigenvalue weighted by Gasteiger charge is -2.07. The molecule has 162 valence electrons. The molecule has 0 radical (unpaired) electrons. The van der Waals surface area contributed by atoms with Crippen LogP contribution in [0, 0.1) is 12.7 Å². The zero-order valence-electron chi connectivity index (χ0n) is 17.2. The summed E-state index contributed by atoms with van der Waals surface area (Å²) in [6, 6.07) is 14.0. The van der Waals surface area contributed by atoms with Crippen LogP contribution in [0.5, 0.6) is 0 Å². The number of fused-ring (bicyclic) bond motifs is 1. The van der Waals surface area contributed by atoms with E-state index in [4.69, 9.17) is 4.74 Å². The number of nitrogens with one attached hydrogen (secondary N) is 1. The van der Waals surface area contributed by atoms with Crippen molar-refractivity contribution in [2.24, 2.45) is 0 Å². The molecule has 0 fully saturated rings. The highest BCUT2D eigenvalue weighted by Gasteiger charge is 2.19. The van der Waals surface area contributed by atoms with Crippen molar-refractivity contribution in [1.29, 1.82) is 0 Å². The molecular weight excluding hydrogens is 433 g/mol. The Kier molecular flexibility index (Phi) is 5.83. The van der Waals surface area contributed by atoms with Crippen LogP contribution in [0.1, 0.15) is 32.6 Å². The molecule has 2 aromatic carbocycles. The molecule has 2 aromatic heterocycles. The fraction of sp³-hybridized carbons (Fsp3) is 0.130. The number of hydrogen-bond acceptors (Lipinski definition) is 6. The van der Waals surface area contributed by atoms with Gasteiger partial charge in [0, 0.05) is 16.6 Å². The van der Waals surface area contributed by atoms with Crippen LogP contribution in [0.25, 0.3) is 15.9 Å². The average molecular weight is 451 g/mol. The summed E-state index contributed by atoms with van der Waals surface area (Å²) >= 11 is 1.18. The summed E-state index contributed by atoms with van der Waals surface area (Å²) in [7, 11) is 0. The summed E-state index contributed by atoms with van der Waals surface area (Å²) < 4.78 is 20.0. The minimum absolute atomic E-state index is 0.119. The number of halogens is 1. The van der Waals surface area contributed by atoms with Crippen LogP contribution >= 0.6 is 11.3 Å². The summed E-state index contributed by atoms with van der Waals surface area (Å²) in [6.07, 6.45) is 0. The molecule has 0 aliphatic carbocycles. The summed E-state index contributed by atoms with van der Waals surface area (Å²) in [5.41, 5.74) is 2.28. The van der Waals surface area contributed by atoms with E-state index in [9.17, 15) is 18.8 Å². The third kappa shape index (κ3) is 4.42. The first-order valence-corrected chi connectivity index (χ1v) is 10.5. The maximum atomic E-state index is 13.2. The molecule has 1 N–H and O–H groups in total. The van der Waals surface area contributed by atoms with Gasteiger partial charge in [-0.3, -0.25) is 9.59 Å². The van der Waals surface area contributed by atoms with E-state index in [0.29, 0.717) is 32.3 Å². The van der Waals surface area contributed by atoms with Gasteiger partial charge in [0.05, 0.1) is 11.4 Å². The molecule has 2 heterocycles. The number of thiophene rings is 1. The van der Waals surface area contributed by atoms with Crippen molar-refractivity contribution in [1.82, 2.24) is 9.78 Å². The topological polar surface area (TPSA) is 90.3 Å². The Labute approximate surface area is 186 Å². The summed E-state index contributed by atoms with van der Waals surface area (Å²) in [6.45, 7) is 2.78. The molecule has 32 heavy (non-hydrogen) atoms. The van der Waals surface area contributed by atoms with Crippen LogP contribution in [0.2, 0.25) is 0 Å². The Morgan fingerprint density at radius 3 is 2.59 bits per heavy atom. The number of anilines is 1. The summed E-state index contributed by atoms with van der Waals surface area (Å²) in [5.74, 6) is -1.62. The van der Waals surface area contributed by atoms with Gasteiger partial charge in [-0.2, -0.15) is 5.10 Å². The standard InChI is InChI=1S/C23H18FN3O4S/c1-13-19-11-20(32-22(19)27(26-13)18-8-6-16(24)7-9-18)23(30)31-12-21(29)25-17-5-3-4-15(10-17)14(2)28/h3-11H,12H2,1-2H3,(H,25,29). The largest absolute Gasteiger partial charge is 0.451 e. The van der Waals surface area contributed by atoms with Crippen molar-refractivity contribution >= 4 is 44.9 Å². The van der Waals surface area contributed by atoms with E-state index >= 15 is 0 Å². The SMILES string of the molecule is CC(=O)c1cccc(NC(=O)COC(=O)c2cc3c(C)nn(-c4ccc(F)cc4)c3s2)c1. The normalized spacial score (nSPS) is 10.8. The quantitative estimate of drug-likeness (QED) is 0.344. The third-order valence-electron chi connectivity index (χ3n) is 4.70. The highest BCUT2D eigenvalue weighted by molar-refractivity contribution is 7.20. The highest BCUT2D eigenvalue weighted by atomic mass is 32.1. The summed E-state index contributed by atoms with van der Waals surface area (Å²) in [5, 5.41) is 7.83. The van der Waals surface area contributed by atoms with Gasteiger partial charge in [0.25, 0.3) is 5.91 Å². The number of aryl methyl sites for hydroxylation is 1. The number of carbonyl (C=O) groups excluding carboxylic acids is 3. The molecule has 4 aromatic rings. The van der Waals surface area contributed by atoms with Crippen LogP contribution in [0.15, 0.2) is 54.6 Å². The number of nitrogens with zero attached hydrogens (tertiary/aromatic N) is 2. The van der Waals surface area contributed by atoms with Crippen LogP contribution in [-0.2, 0) is 9.53 Å². The monoisotopic (exact) mass is 451 g/mol. The number of ether oxygens (including phenoxy) is 1. The number of esters is 1. The molecule has 7 nitrogen and oxygen atoms in total. The Morgan fingerprint density at radius 2 is 1.88 bits per heavy atom. The number of Topliss-reactive ketones (excluding diaryl/α,β-unsaturated/α-hetero) is 1. The molecule has 0 atom stereocenters. The van der Waals surface area contributed by atoms with E-state index in [1.54, 1.807) is 47.1 Å². The molecule has 0 unspecified atom stereocenters. The molecule has 0 saturated carbocycles. The van der Waals surface area contributed by atoms with Gasteiger partial charge >= 0.3 is 5.97 Å². The number of hydrogen-bond donors (Lipinski definition) is 1. The van der Waals surface area contributed by atoms with E-state index in [0.717, 1.165) is 5.39 Å². The minimum Gasteiger partial charge on any atom is -0.451 e. The number of ketones is 1. The molecule has 0 aliphatic heterocycles. The van der Waals surface area contributed by atoms with Crippen molar-refractivity contribution < 1.29 is 23.5 Å². The van der Waals surface area contributed by atoms with Crippen LogP contribution in [0.3, 0.4) is 0 Å². The van der Waals surface area contributed by atoms with E-state index < -0.39 is 18.5 Å². The zero-order valence-corrected chi connectivity index (χ0v) is 18.0. The molecule has 1 amide bonds. The lowest BCUT2D eigenvalue weighted by Crippen LogP contribution is -2.20. The summed E-state index contributed by atoms with van der Waals surface area (Å²) in [4.78, 5) is 37.2. The van der Waals surface area contributed by atoms with Crippen LogP contribution in [0.4, 0.5) is 10.1 Å². The van der Waals surface area contributed by atoms with Crippen molar-refractivity contribution in [3.05, 3.63) is 76.5 Å². The smallest absolute Gasteiger partial charge is 0.348 e. The first-order valence-electron chi connectivity index (χ1n) is 9.65. The molecule has 0 bridgehead atoms. The molecule has 0 aliphatic rings. The van der Waals surface area contributed by atoms with Gasteiger partial charge in [-0.05, 0) is 56.3 Å².